The lowest BCUT2D eigenvalue weighted by Gasteiger charge is -2.39. The first-order chi connectivity index (χ1) is 10.1. The highest BCUT2D eigenvalue weighted by Gasteiger charge is 2.30. The number of carbonyl (C=O) groups excluding carboxylic acids is 1. The maximum Gasteiger partial charge on any atom is 0.246 e. The van der Waals surface area contributed by atoms with Gasteiger partial charge in [-0.1, -0.05) is 13.0 Å². The number of nitrogens with zero attached hydrogens (tertiary/aromatic N) is 2. The second-order valence-electron chi connectivity index (χ2n) is 6.03. The van der Waals surface area contributed by atoms with Gasteiger partial charge in [0.2, 0.25) is 5.91 Å². The zero-order chi connectivity index (χ0) is 15.0. The number of likely N-dealkylation sites (N-methyl/N-ethyl adjacent to an activating group) is 2. The van der Waals surface area contributed by atoms with Gasteiger partial charge in [-0.05, 0) is 32.6 Å². The first-order valence-corrected chi connectivity index (χ1v) is 7.73. The van der Waals surface area contributed by atoms with E-state index in [9.17, 15) is 4.79 Å². The first-order valence-electron chi connectivity index (χ1n) is 7.73. The van der Waals surface area contributed by atoms with Crippen molar-refractivity contribution < 1.29 is 4.79 Å². The van der Waals surface area contributed by atoms with Crippen LogP contribution in [0, 0.1) is 0 Å². The molecule has 5 nitrogen and oxygen atoms in total. The third-order valence-corrected chi connectivity index (χ3v) is 4.60. The van der Waals surface area contributed by atoms with Crippen LogP contribution in [0.15, 0.2) is 18.2 Å². The first kappa shape index (κ1) is 14.4. The zero-order valence-corrected chi connectivity index (χ0v) is 13.0. The second-order valence-corrected chi connectivity index (χ2v) is 6.03. The molecule has 0 saturated carbocycles. The molecule has 1 fully saturated rings. The van der Waals surface area contributed by atoms with E-state index >= 15 is 0 Å². The van der Waals surface area contributed by atoms with E-state index in [1.807, 2.05) is 6.92 Å². The predicted molar refractivity (Wildman–Crippen MR) is 85.8 cm³/mol. The summed E-state index contributed by atoms with van der Waals surface area (Å²) in [6.07, 6.45) is 0. The van der Waals surface area contributed by atoms with E-state index in [1.165, 1.54) is 5.69 Å². The highest BCUT2D eigenvalue weighted by Crippen LogP contribution is 2.34. The summed E-state index contributed by atoms with van der Waals surface area (Å²) < 4.78 is 0. The van der Waals surface area contributed by atoms with Crippen molar-refractivity contribution in [1.82, 2.24) is 10.2 Å². The number of nitrogens with one attached hydrogen (secondary N) is 2. The van der Waals surface area contributed by atoms with Crippen molar-refractivity contribution in [3.8, 4) is 0 Å². The highest BCUT2D eigenvalue weighted by atomic mass is 16.2. The number of piperazine rings is 1. The molecule has 1 aromatic rings. The van der Waals surface area contributed by atoms with Crippen LogP contribution in [0.1, 0.15) is 25.5 Å². The van der Waals surface area contributed by atoms with Gasteiger partial charge in [-0.3, -0.25) is 4.79 Å². The Morgan fingerprint density at radius 2 is 2.19 bits per heavy atom. The Bertz CT molecular complexity index is 545. The maximum absolute atomic E-state index is 12.0. The molecule has 0 spiro atoms. The number of hydrogen-bond donors (Lipinski definition) is 2. The molecule has 2 aliphatic rings. The molecule has 2 N–H and O–H groups in total. The molecule has 114 valence electrons. The van der Waals surface area contributed by atoms with E-state index in [2.05, 4.69) is 52.6 Å². The number of carbonyl (C=O) groups is 1. The summed E-state index contributed by atoms with van der Waals surface area (Å²) in [6, 6.07) is 6.68. The van der Waals surface area contributed by atoms with Crippen LogP contribution in [0.5, 0.6) is 0 Å². The number of benzene rings is 1. The minimum atomic E-state index is -0.203. The lowest BCUT2D eigenvalue weighted by Crippen LogP contribution is -2.50. The predicted octanol–water partition coefficient (Wildman–Crippen LogP) is 1.43. The molecule has 1 amide bonds. The molecular weight excluding hydrogens is 264 g/mol. The average molecular weight is 288 g/mol. The van der Waals surface area contributed by atoms with Gasteiger partial charge in [0.25, 0.3) is 0 Å². The Morgan fingerprint density at radius 3 is 2.90 bits per heavy atom. The SMILES string of the molecule is CCNC1C(=O)Nc2cc(N3CCN(C)C(C)C3)ccc21. The van der Waals surface area contributed by atoms with Crippen molar-refractivity contribution in [2.45, 2.75) is 25.9 Å². The standard InChI is InChI=1S/C16H24N4O/c1-4-17-15-13-6-5-12(9-14(13)18-16(15)21)20-8-7-19(3)11(2)10-20/h5-6,9,11,15,17H,4,7-8,10H2,1-3H3,(H,18,21). The summed E-state index contributed by atoms with van der Waals surface area (Å²) in [5, 5.41) is 6.22. The molecule has 1 aromatic carbocycles. The molecule has 0 bridgehead atoms. The van der Waals surface area contributed by atoms with E-state index < -0.39 is 0 Å². The minimum absolute atomic E-state index is 0.0516. The van der Waals surface area contributed by atoms with Gasteiger partial charge in [-0.15, -0.1) is 0 Å². The summed E-state index contributed by atoms with van der Waals surface area (Å²) in [7, 11) is 2.17. The Hall–Kier alpha value is -1.59. The van der Waals surface area contributed by atoms with E-state index in [-0.39, 0.29) is 11.9 Å². The van der Waals surface area contributed by atoms with Crippen molar-refractivity contribution in [2.24, 2.45) is 0 Å². The molecule has 2 heterocycles. The van der Waals surface area contributed by atoms with Crippen LogP contribution in [0.25, 0.3) is 0 Å². The van der Waals surface area contributed by atoms with Crippen LogP contribution in [0.2, 0.25) is 0 Å². The van der Waals surface area contributed by atoms with Gasteiger partial charge < -0.3 is 20.4 Å². The molecule has 0 aliphatic carbocycles. The number of amides is 1. The lowest BCUT2D eigenvalue weighted by atomic mass is 10.1. The zero-order valence-electron chi connectivity index (χ0n) is 13.0. The molecule has 0 radical (unpaired) electrons. The Morgan fingerprint density at radius 1 is 1.38 bits per heavy atom. The van der Waals surface area contributed by atoms with Gasteiger partial charge in [-0.2, -0.15) is 0 Å². The molecule has 3 rings (SSSR count). The highest BCUT2D eigenvalue weighted by molar-refractivity contribution is 6.03. The molecule has 1 saturated heterocycles. The van der Waals surface area contributed by atoms with Crippen LogP contribution in [-0.4, -0.2) is 50.1 Å². The van der Waals surface area contributed by atoms with E-state index in [1.54, 1.807) is 0 Å². The average Bonchev–Trinajstić information content (AvgIpc) is 2.78. The Balaban J connectivity index is 1.81. The smallest absolute Gasteiger partial charge is 0.246 e. The van der Waals surface area contributed by atoms with Crippen molar-refractivity contribution >= 4 is 17.3 Å². The quantitative estimate of drug-likeness (QED) is 0.883. The normalized spacial score (nSPS) is 25.9. The summed E-state index contributed by atoms with van der Waals surface area (Å²) in [6.45, 7) is 8.19. The van der Waals surface area contributed by atoms with Gasteiger partial charge >= 0.3 is 0 Å². The van der Waals surface area contributed by atoms with Crippen molar-refractivity contribution in [2.75, 3.05) is 43.4 Å². The van der Waals surface area contributed by atoms with E-state index in [4.69, 9.17) is 0 Å². The molecule has 2 aliphatic heterocycles. The lowest BCUT2D eigenvalue weighted by molar-refractivity contribution is -0.117. The molecule has 2 unspecified atom stereocenters. The van der Waals surface area contributed by atoms with Crippen LogP contribution >= 0.6 is 0 Å². The Kier molecular flexibility index (Phi) is 3.87. The summed E-state index contributed by atoms with van der Waals surface area (Å²) in [5.41, 5.74) is 3.22. The molecule has 0 aromatic heterocycles. The van der Waals surface area contributed by atoms with Gasteiger partial charge in [0.15, 0.2) is 0 Å². The van der Waals surface area contributed by atoms with Crippen LogP contribution in [0.3, 0.4) is 0 Å². The largest absolute Gasteiger partial charge is 0.369 e. The fraction of sp³-hybridized carbons (Fsp3) is 0.562. The van der Waals surface area contributed by atoms with Crippen LogP contribution < -0.4 is 15.5 Å². The molecular formula is C16H24N4O. The van der Waals surface area contributed by atoms with E-state index in [0.29, 0.717) is 6.04 Å². The summed E-state index contributed by atoms with van der Waals surface area (Å²) in [5.74, 6) is 0.0516. The van der Waals surface area contributed by atoms with Gasteiger partial charge in [0.1, 0.15) is 6.04 Å². The second kappa shape index (κ2) is 5.66. The van der Waals surface area contributed by atoms with Gasteiger partial charge in [-0.25, -0.2) is 0 Å². The fourth-order valence-corrected chi connectivity index (χ4v) is 3.14. The van der Waals surface area contributed by atoms with Crippen LogP contribution in [-0.2, 0) is 4.79 Å². The minimum Gasteiger partial charge on any atom is -0.369 e. The Labute approximate surface area is 126 Å². The van der Waals surface area contributed by atoms with Gasteiger partial charge in [0.05, 0.1) is 0 Å². The number of hydrogen-bond acceptors (Lipinski definition) is 4. The molecule has 2 atom stereocenters. The van der Waals surface area contributed by atoms with Crippen molar-refractivity contribution in [1.29, 1.82) is 0 Å². The van der Waals surface area contributed by atoms with E-state index in [0.717, 1.165) is 37.4 Å². The number of anilines is 2. The third kappa shape index (κ3) is 2.63. The third-order valence-electron chi connectivity index (χ3n) is 4.60. The summed E-state index contributed by atoms with van der Waals surface area (Å²) in [4.78, 5) is 16.8. The topological polar surface area (TPSA) is 47.6 Å². The van der Waals surface area contributed by atoms with Crippen LogP contribution in [0.4, 0.5) is 11.4 Å². The number of fused-ring (bicyclic) bond motifs is 1. The van der Waals surface area contributed by atoms with Crippen molar-refractivity contribution in [3.63, 3.8) is 0 Å². The van der Waals surface area contributed by atoms with Gasteiger partial charge in [0, 0.05) is 42.6 Å². The monoisotopic (exact) mass is 288 g/mol. The fourth-order valence-electron chi connectivity index (χ4n) is 3.14. The maximum atomic E-state index is 12.0. The molecule has 21 heavy (non-hydrogen) atoms. The molecule has 5 heteroatoms. The van der Waals surface area contributed by atoms with Crippen molar-refractivity contribution in [3.05, 3.63) is 23.8 Å². The summed E-state index contributed by atoms with van der Waals surface area (Å²) >= 11 is 0. The number of rotatable bonds is 3.